The standard InChI is InChI=1S/C24H25N5O2/c1-13-11-29(12-21(25-13)15-3-4-15)24-8-7-18-19(28-24)6-5-17(27-18)16-9-23-20(10-22(16)30)26-14(2)31-23/h5-10,13,15,21,25,30H,3-4,11-12H2,1-2H3/t13-,21+/m1/s1. The fourth-order valence-corrected chi connectivity index (χ4v) is 4.69. The monoisotopic (exact) mass is 415 g/mol. The molecule has 4 heterocycles. The van der Waals surface area contributed by atoms with Crippen molar-refractivity contribution in [2.75, 3.05) is 18.0 Å². The summed E-state index contributed by atoms with van der Waals surface area (Å²) in [4.78, 5) is 16.3. The zero-order valence-electron chi connectivity index (χ0n) is 17.7. The number of phenolic OH excluding ortho intramolecular Hbond substituents is 1. The molecule has 0 unspecified atom stereocenters. The third-order valence-electron chi connectivity index (χ3n) is 6.34. The van der Waals surface area contributed by atoms with Gasteiger partial charge in [0.1, 0.15) is 17.1 Å². The largest absolute Gasteiger partial charge is 0.507 e. The van der Waals surface area contributed by atoms with Crippen LogP contribution in [0.5, 0.6) is 5.75 Å². The van der Waals surface area contributed by atoms with Gasteiger partial charge in [-0.25, -0.2) is 15.0 Å². The molecule has 2 aliphatic rings. The van der Waals surface area contributed by atoms with E-state index in [4.69, 9.17) is 14.4 Å². The van der Waals surface area contributed by atoms with Crippen LogP contribution in [0.3, 0.4) is 0 Å². The molecule has 2 atom stereocenters. The van der Waals surface area contributed by atoms with Crippen molar-refractivity contribution in [3.8, 4) is 17.0 Å². The van der Waals surface area contributed by atoms with E-state index in [-0.39, 0.29) is 5.75 Å². The summed E-state index contributed by atoms with van der Waals surface area (Å²) in [5.41, 5.74) is 4.24. The Balaban J connectivity index is 1.33. The molecule has 1 saturated heterocycles. The lowest BCUT2D eigenvalue weighted by atomic mass is 10.1. The number of anilines is 1. The lowest BCUT2D eigenvalue weighted by Gasteiger charge is -2.38. The minimum Gasteiger partial charge on any atom is -0.507 e. The Morgan fingerprint density at radius 1 is 1.00 bits per heavy atom. The Morgan fingerprint density at radius 3 is 2.65 bits per heavy atom. The van der Waals surface area contributed by atoms with Crippen LogP contribution in [-0.2, 0) is 0 Å². The van der Waals surface area contributed by atoms with Crippen molar-refractivity contribution in [1.82, 2.24) is 20.3 Å². The molecule has 2 N–H and O–H groups in total. The number of phenols is 1. The molecule has 158 valence electrons. The van der Waals surface area contributed by atoms with Crippen molar-refractivity contribution in [2.24, 2.45) is 5.92 Å². The average Bonchev–Trinajstić information content (AvgIpc) is 3.54. The highest BCUT2D eigenvalue weighted by atomic mass is 16.3. The molecule has 3 aromatic heterocycles. The number of pyridine rings is 2. The van der Waals surface area contributed by atoms with Gasteiger partial charge in [-0.2, -0.15) is 0 Å². The number of piperazine rings is 1. The summed E-state index contributed by atoms with van der Waals surface area (Å²) in [6.45, 7) is 6.00. The van der Waals surface area contributed by atoms with Crippen molar-refractivity contribution in [2.45, 2.75) is 38.8 Å². The van der Waals surface area contributed by atoms with Crippen LogP contribution in [0.15, 0.2) is 40.8 Å². The quantitative estimate of drug-likeness (QED) is 0.522. The number of nitrogens with zero attached hydrogens (tertiary/aromatic N) is 4. The van der Waals surface area contributed by atoms with Crippen molar-refractivity contribution in [3.05, 3.63) is 42.3 Å². The van der Waals surface area contributed by atoms with E-state index in [9.17, 15) is 5.11 Å². The van der Waals surface area contributed by atoms with Gasteiger partial charge in [-0.3, -0.25) is 0 Å². The number of hydrogen-bond acceptors (Lipinski definition) is 7. The Hall–Kier alpha value is -3.19. The van der Waals surface area contributed by atoms with Crippen LogP contribution in [0.2, 0.25) is 0 Å². The normalized spacial score (nSPS) is 21.8. The summed E-state index contributed by atoms with van der Waals surface area (Å²) in [5, 5.41) is 14.2. The zero-order chi connectivity index (χ0) is 21.1. The summed E-state index contributed by atoms with van der Waals surface area (Å²) in [6, 6.07) is 12.4. The maximum atomic E-state index is 10.5. The number of hydrogen-bond donors (Lipinski definition) is 2. The van der Waals surface area contributed by atoms with Crippen LogP contribution in [-0.4, -0.2) is 45.2 Å². The van der Waals surface area contributed by atoms with Gasteiger partial charge in [0.15, 0.2) is 11.5 Å². The van der Waals surface area contributed by atoms with Crippen LogP contribution in [0.1, 0.15) is 25.7 Å². The summed E-state index contributed by atoms with van der Waals surface area (Å²) in [6.07, 6.45) is 2.67. The SMILES string of the molecule is Cc1nc2cc(O)c(-c3ccc4nc(N5C[C@@H](C)N[C@H](C6CC6)C5)ccc4n3)cc2o1. The molecule has 0 bridgehead atoms. The predicted molar refractivity (Wildman–Crippen MR) is 120 cm³/mol. The molecule has 31 heavy (non-hydrogen) atoms. The average molecular weight is 415 g/mol. The van der Waals surface area contributed by atoms with Gasteiger partial charge in [-0.15, -0.1) is 0 Å². The second kappa shape index (κ2) is 6.92. The van der Waals surface area contributed by atoms with Gasteiger partial charge in [-0.05, 0) is 56.0 Å². The van der Waals surface area contributed by atoms with Crippen molar-refractivity contribution in [3.63, 3.8) is 0 Å². The van der Waals surface area contributed by atoms with Crippen molar-refractivity contribution < 1.29 is 9.52 Å². The first-order valence-electron chi connectivity index (χ1n) is 10.9. The molecule has 0 amide bonds. The summed E-state index contributed by atoms with van der Waals surface area (Å²) in [7, 11) is 0. The predicted octanol–water partition coefficient (Wildman–Crippen LogP) is 4.03. The molecule has 7 nitrogen and oxygen atoms in total. The van der Waals surface area contributed by atoms with Crippen LogP contribution in [0, 0.1) is 12.8 Å². The number of rotatable bonds is 3. The molecule has 2 fully saturated rings. The highest BCUT2D eigenvalue weighted by molar-refractivity contribution is 5.86. The van der Waals surface area contributed by atoms with Gasteiger partial charge in [0.05, 0.1) is 16.7 Å². The smallest absolute Gasteiger partial charge is 0.192 e. The number of oxazole rings is 1. The molecule has 0 spiro atoms. The third kappa shape index (κ3) is 3.39. The second-order valence-electron chi connectivity index (χ2n) is 8.89. The molecule has 0 radical (unpaired) electrons. The van der Waals surface area contributed by atoms with Crippen LogP contribution >= 0.6 is 0 Å². The molecular formula is C24H25N5O2. The maximum absolute atomic E-state index is 10.5. The molecule has 1 aliphatic heterocycles. The van der Waals surface area contributed by atoms with E-state index in [1.165, 1.54) is 12.8 Å². The van der Waals surface area contributed by atoms with Gasteiger partial charge in [0, 0.05) is 43.7 Å². The second-order valence-corrected chi connectivity index (χ2v) is 8.89. The van der Waals surface area contributed by atoms with E-state index in [0.29, 0.717) is 40.3 Å². The summed E-state index contributed by atoms with van der Waals surface area (Å²) < 4.78 is 5.62. The minimum absolute atomic E-state index is 0.137. The van der Waals surface area contributed by atoms with Gasteiger partial charge in [-0.1, -0.05) is 0 Å². The van der Waals surface area contributed by atoms with E-state index in [1.54, 1.807) is 19.1 Å². The first-order valence-corrected chi connectivity index (χ1v) is 10.9. The summed E-state index contributed by atoms with van der Waals surface area (Å²) >= 11 is 0. The number of aryl methyl sites for hydroxylation is 1. The minimum atomic E-state index is 0.137. The Morgan fingerprint density at radius 2 is 1.81 bits per heavy atom. The lowest BCUT2D eigenvalue weighted by molar-refractivity contribution is 0.358. The lowest BCUT2D eigenvalue weighted by Crippen LogP contribution is -2.56. The fraction of sp³-hybridized carbons (Fsp3) is 0.375. The molecule has 7 heteroatoms. The molecule has 1 aliphatic carbocycles. The van der Waals surface area contributed by atoms with Crippen LogP contribution < -0.4 is 10.2 Å². The summed E-state index contributed by atoms with van der Waals surface area (Å²) in [5.74, 6) is 2.52. The topological polar surface area (TPSA) is 87.3 Å². The zero-order valence-corrected chi connectivity index (χ0v) is 17.7. The molecule has 6 rings (SSSR count). The Bertz CT molecular complexity index is 1300. The van der Waals surface area contributed by atoms with Crippen molar-refractivity contribution in [1.29, 1.82) is 0 Å². The van der Waals surface area contributed by atoms with Gasteiger partial charge < -0.3 is 19.7 Å². The van der Waals surface area contributed by atoms with E-state index in [2.05, 4.69) is 28.2 Å². The van der Waals surface area contributed by atoms with E-state index in [0.717, 1.165) is 35.9 Å². The van der Waals surface area contributed by atoms with Crippen LogP contribution in [0.25, 0.3) is 33.4 Å². The number of benzene rings is 1. The first kappa shape index (κ1) is 18.6. The Labute approximate surface area is 180 Å². The van der Waals surface area contributed by atoms with E-state index >= 15 is 0 Å². The van der Waals surface area contributed by atoms with Gasteiger partial charge in [0.2, 0.25) is 0 Å². The number of nitrogens with one attached hydrogen (secondary N) is 1. The van der Waals surface area contributed by atoms with Crippen molar-refractivity contribution >= 4 is 28.0 Å². The Kier molecular flexibility index (Phi) is 4.14. The molecule has 1 saturated carbocycles. The van der Waals surface area contributed by atoms with Crippen LogP contribution in [0.4, 0.5) is 5.82 Å². The van der Waals surface area contributed by atoms with E-state index in [1.807, 2.05) is 18.2 Å². The highest BCUT2D eigenvalue weighted by Gasteiger charge is 2.36. The number of aromatic hydroxyl groups is 1. The van der Waals surface area contributed by atoms with Gasteiger partial charge >= 0.3 is 0 Å². The number of aromatic nitrogens is 3. The fourth-order valence-electron chi connectivity index (χ4n) is 4.69. The molecule has 4 aromatic rings. The molecule has 1 aromatic carbocycles. The van der Waals surface area contributed by atoms with Gasteiger partial charge in [0.25, 0.3) is 0 Å². The van der Waals surface area contributed by atoms with E-state index < -0.39 is 0 Å². The first-order chi connectivity index (χ1) is 15.0. The number of fused-ring (bicyclic) bond motifs is 2. The molecular weight excluding hydrogens is 390 g/mol. The highest BCUT2D eigenvalue weighted by Crippen LogP contribution is 2.36. The maximum Gasteiger partial charge on any atom is 0.192 e. The third-order valence-corrected chi connectivity index (χ3v) is 6.34.